The van der Waals surface area contributed by atoms with Crippen LogP contribution in [0.2, 0.25) is 0 Å². The number of fused-ring (bicyclic) bond motifs is 6. The molecule has 744 valence electrons. The molecule has 24 atom stereocenters. The van der Waals surface area contributed by atoms with Gasteiger partial charge in [0, 0.05) is 136 Å². The lowest BCUT2D eigenvalue weighted by atomic mass is 9.78. The van der Waals surface area contributed by atoms with E-state index in [-0.39, 0.29) is 187 Å². The molecule has 3 aromatic heterocycles. The standard InChI is InChI=1S/C101H146N16O17S2/c1-58-27-36-73(50-74-51-79(128-13)66(9)101(131-74)62(5)52-99(11,134-101)81-41-43-98(10,132-81)91-60(3)49-80(130-91)90-59(2)48-61(4)100(127,57-118)133-90)129-89(58)65(8)93(123)105-46-47-135-136-56-64(7)109-95(125)77(111-84(121)37-28-63(6)108-94(124)69-32-34-71(35-33-69)106-53-72-54-107-92-87(110-72)96(126)113-97(102)112-92)25-19-44-103-82(119)38-31-67-20-18-21-68(30-29-67)42-45-104-83(120)39-40-85(122)117-55-70-22-14-15-23-75(70)88-86(114-115-116(88)12)76-24-16-17-26-78(76)117/h14-17,22-24,26,32-35,54,58-68,73-74,77,79-81,89-91,106,118,127H,18-21,25,27-31,36-53,55-57H2,1-13H3,(H,103,119)(H,104,120)(H,105,123)(H,108,124)(H,109,125)(H,111,121)(H3,102,107,112,113,126)/t58-,59-,60-,61+,62+,63+,64+,65+,66+,67?,68?,73+,74+,77?,79+,80+,81?,89?,90+,91+,98-,99+,100-,101+/m0/s1. The second-order valence-electron chi connectivity index (χ2n) is 40.8. The maximum Gasteiger partial charge on any atom is 0.280 e. The van der Waals surface area contributed by atoms with Gasteiger partial charge >= 0.3 is 0 Å². The molecule has 0 bridgehead atoms. The lowest BCUT2D eigenvalue weighted by Gasteiger charge is -2.50. The zero-order valence-corrected chi connectivity index (χ0v) is 83.1. The summed E-state index contributed by atoms with van der Waals surface area (Å²) in [5.74, 6) is -2.37. The van der Waals surface area contributed by atoms with E-state index in [2.05, 4.69) is 116 Å². The summed E-state index contributed by atoms with van der Waals surface area (Å²) in [5, 5.41) is 51.9. The number of aromatic nitrogens is 7. The van der Waals surface area contributed by atoms with Gasteiger partial charge in [-0.3, -0.25) is 43.3 Å². The van der Waals surface area contributed by atoms with Gasteiger partial charge in [-0.25, -0.2) is 14.6 Å². The van der Waals surface area contributed by atoms with Gasteiger partial charge in [0.15, 0.2) is 22.7 Å². The minimum atomic E-state index is -1.60. The fourth-order valence-electron chi connectivity index (χ4n) is 22.5. The second-order valence-corrected chi connectivity index (χ2v) is 43.4. The number of rotatable bonds is 39. The normalized spacial score (nSPS) is 30.3. The molecule has 35 heteroatoms. The van der Waals surface area contributed by atoms with E-state index in [1.54, 1.807) is 62.5 Å². The summed E-state index contributed by atoms with van der Waals surface area (Å²) in [6, 6.07) is 20.9. The number of aliphatic hydroxyl groups is 2. The van der Waals surface area contributed by atoms with Crippen molar-refractivity contribution in [3.05, 3.63) is 106 Å². The lowest BCUT2D eigenvalue weighted by molar-refractivity contribution is -0.353. The third kappa shape index (κ3) is 25.0. The number of H-pyrrole nitrogens is 1. The number of aliphatic hydroxyl groups excluding tert-OH is 1. The van der Waals surface area contributed by atoms with Crippen molar-refractivity contribution in [2.24, 2.45) is 60.3 Å². The molecule has 14 rings (SSSR count). The van der Waals surface area contributed by atoms with E-state index >= 15 is 0 Å². The van der Waals surface area contributed by atoms with Crippen molar-refractivity contribution in [3.63, 3.8) is 0 Å². The molecular weight excluding hydrogens is 1770 g/mol. The van der Waals surface area contributed by atoms with Crippen LogP contribution in [0.3, 0.4) is 0 Å². The van der Waals surface area contributed by atoms with Gasteiger partial charge in [-0.2, -0.15) is 4.98 Å². The van der Waals surface area contributed by atoms with Crippen LogP contribution in [0, 0.1) is 53.3 Å². The number of nitrogens with two attached hydrogens (primary N) is 1. The van der Waals surface area contributed by atoms with Gasteiger partial charge in [0.05, 0.1) is 109 Å². The van der Waals surface area contributed by atoms with Crippen molar-refractivity contribution in [1.29, 1.82) is 0 Å². The highest BCUT2D eigenvalue weighted by molar-refractivity contribution is 8.76. The highest BCUT2D eigenvalue weighted by atomic mass is 33.1. The number of nitrogens with zero attached hydrogens (tertiary/aromatic N) is 7. The number of carbonyl (C=O) groups excluding carboxylic acids is 7. The highest BCUT2D eigenvalue weighted by Gasteiger charge is 2.65. The quantitative estimate of drug-likeness (QED) is 0.00970. The molecule has 7 aliphatic heterocycles. The molecule has 0 radical (unpaired) electrons. The molecule has 6 aromatic rings. The van der Waals surface area contributed by atoms with Gasteiger partial charge in [-0.1, -0.05) is 150 Å². The van der Waals surface area contributed by atoms with Crippen LogP contribution in [0.5, 0.6) is 0 Å². The number of aromatic amines is 1. The number of aryl methyl sites for hydroxylation is 1. The lowest BCUT2D eigenvalue weighted by Crippen LogP contribution is -2.58. The number of hydrogen-bond acceptors (Lipinski definition) is 26. The number of carbonyl (C=O) groups is 7. The fraction of sp³-hybridized carbons (Fsp3) is 0.673. The minimum Gasteiger partial charge on any atom is -0.391 e. The summed E-state index contributed by atoms with van der Waals surface area (Å²) >= 11 is 0. The molecule has 1 spiro atoms. The summed E-state index contributed by atoms with van der Waals surface area (Å²) in [6.45, 7) is 24.2. The van der Waals surface area contributed by atoms with E-state index < -0.39 is 52.9 Å². The van der Waals surface area contributed by atoms with Crippen molar-refractivity contribution in [1.82, 2.24) is 66.8 Å². The van der Waals surface area contributed by atoms with E-state index in [9.17, 15) is 48.6 Å². The molecule has 7 fully saturated rings. The first-order valence-electron chi connectivity index (χ1n) is 49.7. The Hall–Kier alpha value is -8.75. The Morgan fingerprint density at radius 1 is 0.706 bits per heavy atom. The molecule has 1 saturated carbocycles. The summed E-state index contributed by atoms with van der Waals surface area (Å²) in [5.41, 5.74) is 10.7. The average Bonchev–Trinajstić information content (AvgIpc) is 1.56. The number of nitrogen functional groups attached to an aromatic ring is 1. The zero-order valence-electron chi connectivity index (χ0n) is 81.5. The van der Waals surface area contributed by atoms with Crippen molar-refractivity contribution in [2.45, 2.75) is 327 Å². The van der Waals surface area contributed by atoms with Crippen LogP contribution < -0.4 is 53.4 Å². The fourth-order valence-corrected chi connectivity index (χ4v) is 24.7. The molecule has 136 heavy (non-hydrogen) atoms. The molecule has 5 unspecified atom stereocenters. The number of amides is 7. The maximum absolute atomic E-state index is 14.3. The number of methoxy groups -OCH3 is 1. The van der Waals surface area contributed by atoms with Gasteiger partial charge in [-0.05, 0) is 170 Å². The van der Waals surface area contributed by atoms with Crippen LogP contribution in [0.15, 0.2) is 83.8 Å². The SMILES string of the molecule is CO[C@@H]1C[C@@H](C[C@H]2CC[C@H](C)C([C@@H](C)C(=O)NCCSSC[C@@H](C)NC(=O)C(CCCNC(=O)CCC3CCCC(CCNC(=O)CCC(=O)N4Cc5ccccc5-c5c(nnn5C)-c5ccccc54)CC3)NC(=O)CC[C@@H](C)NC(=O)c3ccc(NCc4cnc5nc(N)[nH]c(=O)c5n4)cc3)O2)O[C@]2(O[C@@](C)(C3CC[C@@](C)([C@@H]4O[C@@H]([C@@H]5O[C@@](O)(CO)[C@H](C)C[C@@H]5C)C[C@@H]4C)O3)C[C@H]2C)[C@@H]1C. The number of nitrogens with one attached hydrogen (secondary N) is 8. The second kappa shape index (κ2) is 46.1. The van der Waals surface area contributed by atoms with Crippen molar-refractivity contribution >= 4 is 91.4 Å². The average molecular weight is 1920 g/mol. The first-order valence-corrected chi connectivity index (χ1v) is 52.2. The van der Waals surface area contributed by atoms with E-state index in [0.29, 0.717) is 97.8 Å². The Morgan fingerprint density at radius 3 is 2.22 bits per heavy atom. The number of benzene rings is 3. The third-order valence-corrected chi connectivity index (χ3v) is 32.8. The zero-order chi connectivity index (χ0) is 96.9. The maximum atomic E-state index is 14.3. The van der Waals surface area contributed by atoms with E-state index in [1.165, 1.54) is 6.20 Å². The summed E-state index contributed by atoms with van der Waals surface area (Å²) in [7, 11) is 6.81. The Morgan fingerprint density at radius 2 is 1.45 bits per heavy atom. The number of para-hydroxylation sites is 1. The third-order valence-electron chi connectivity index (χ3n) is 30.3. The Balaban J connectivity index is 0.507. The summed E-state index contributed by atoms with van der Waals surface area (Å²) in [6.07, 6.45) is 14.6. The highest BCUT2D eigenvalue weighted by Crippen LogP contribution is 2.58. The molecule has 7 amide bonds. The number of hydrogen-bond donors (Lipinski definition) is 11. The predicted molar refractivity (Wildman–Crippen MR) is 522 cm³/mol. The predicted octanol–water partition coefficient (Wildman–Crippen LogP) is 12.1. The molecule has 6 saturated heterocycles. The summed E-state index contributed by atoms with van der Waals surface area (Å²) < 4.78 is 50.2. The summed E-state index contributed by atoms with van der Waals surface area (Å²) in [4.78, 5) is 126. The number of ether oxygens (including phenoxy) is 7. The van der Waals surface area contributed by atoms with Crippen LogP contribution in [0.25, 0.3) is 33.7 Å². The molecule has 8 aliphatic rings. The Bertz CT molecular complexity index is 5170. The van der Waals surface area contributed by atoms with E-state index in [0.717, 1.165) is 118 Å². The molecule has 1 aliphatic carbocycles. The van der Waals surface area contributed by atoms with Crippen LogP contribution in [0.4, 0.5) is 17.3 Å². The molecule has 3 aromatic carbocycles. The van der Waals surface area contributed by atoms with Gasteiger partial charge in [0.25, 0.3) is 11.5 Å². The van der Waals surface area contributed by atoms with Crippen LogP contribution in [0.1, 0.15) is 245 Å². The number of anilines is 3. The van der Waals surface area contributed by atoms with Crippen molar-refractivity contribution in [2.75, 3.05) is 60.8 Å². The van der Waals surface area contributed by atoms with Crippen LogP contribution in [-0.2, 0) is 82.1 Å². The first-order chi connectivity index (χ1) is 65.1. The molecule has 33 nitrogen and oxygen atoms in total. The first kappa shape index (κ1) is 103. The smallest absolute Gasteiger partial charge is 0.280 e. The van der Waals surface area contributed by atoms with Crippen molar-refractivity contribution in [3.8, 4) is 22.5 Å². The van der Waals surface area contributed by atoms with Crippen LogP contribution >= 0.6 is 21.6 Å². The van der Waals surface area contributed by atoms with E-state index in [1.807, 2.05) is 83.3 Å². The topological polar surface area (TPSA) is 440 Å². The molecule has 10 heterocycles. The van der Waals surface area contributed by atoms with Crippen LogP contribution in [-0.4, -0.2) is 221 Å². The molecule has 12 N–H and O–H groups in total. The molecular formula is C101H146N16O17S2. The Kier molecular flexibility index (Phi) is 35.0. The Labute approximate surface area is 807 Å². The largest absolute Gasteiger partial charge is 0.391 e. The minimum absolute atomic E-state index is 0.0149. The van der Waals surface area contributed by atoms with Gasteiger partial charge in [0.2, 0.25) is 41.4 Å². The van der Waals surface area contributed by atoms with Gasteiger partial charge < -0.3 is 91.2 Å². The monoisotopic (exact) mass is 1920 g/mol. The van der Waals surface area contributed by atoms with Crippen molar-refractivity contribution < 1.29 is 76.9 Å². The van der Waals surface area contributed by atoms with Gasteiger partial charge in [0.1, 0.15) is 11.7 Å². The van der Waals surface area contributed by atoms with Gasteiger partial charge in [-0.15, -0.1) is 5.10 Å². The van der Waals surface area contributed by atoms with E-state index in [4.69, 9.17) is 38.9 Å².